The number of amides is 1. The molecule has 1 atom stereocenters. The van der Waals surface area contributed by atoms with Gasteiger partial charge in [0.15, 0.2) is 5.78 Å². The van der Waals surface area contributed by atoms with Crippen molar-refractivity contribution in [3.05, 3.63) is 65.2 Å². The summed E-state index contributed by atoms with van der Waals surface area (Å²) >= 11 is 0. The van der Waals surface area contributed by atoms with Crippen LogP contribution in [0.2, 0.25) is 0 Å². The van der Waals surface area contributed by atoms with Gasteiger partial charge in [0.25, 0.3) is 0 Å². The first-order chi connectivity index (χ1) is 13.5. The highest BCUT2D eigenvalue weighted by molar-refractivity contribution is 5.95. The van der Waals surface area contributed by atoms with Crippen molar-refractivity contribution in [1.82, 2.24) is 25.5 Å². The number of aromatic nitrogens is 4. The number of Topliss-reactive ketones (excluding diaryl/α,β-unsaturated/α-hetero) is 1. The van der Waals surface area contributed by atoms with Gasteiger partial charge >= 0.3 is 0 Å². The van der Waals surface area contributed by atoms with E-state index < -0.39 is 0 Å². The van der Waals surface area contributed by atoms with E-state index in [0.29, 0.717) is 11.4 Å². The molecule has 1 heterocycles. The predicted molar refractivity (Wildman–Crippen MR) is 106 cm³/mol. The molecule has 0 spiro atoms. The Hall–Kier alpha value is -3.35. The smallest absolute Gasteiger partial charge is 0.217 e. The molecular weight excluding hydrogens is 354 g/mol. The maximum atomic E-state index is 12.5. The minimum Gasteiger partial charge on any atom is -0.350 e. The Kier molecular flexibility index (Phi) is 5.93. The highest BCUT2D eigenvalue weighted by atomic mass is 16.1. The molecule has 0 aliphatic rings. The van der Waals surface area contributed by atoms with Gasteiger partial charge in [0.2, 0.25) is 11.7 Å². The maximum Gasteiger partial charge on any atom is 0.217 e. The number of nitrogens with zero attached hydrogens (tertiary/aromatic N) is 4. The molecular formula is C21H23N5O2. The van der Waals surface area contributed by atoms with Gasteiger partial charge in [0, 0.05) is 18.1 Å². The molecule has 7 nitrogen and oxygen atoms in total. The molecule has 0 radical (unpaired) electrons. The number of rotatable bonds is 7. The summed E-state index contributed by atoms with van der Waals surface area (Å²) in [5, 5.41) is 15.2. The van der Waals surface area contributed by atoms with E-state index in [-0.39, 0.29) is 24.3 Å². The number of hydrogen-bond acceptors (Lipinski definition) is 5. The van der Waals surface area contributed by atoms with Crippen LogP contribution in [0.1, 0.15) is 48.3 Å². The van der Waals surface area contributed by atoms with Crippen LogP contribution in [0.15, 0.2) is 48.5 Å². The molecule has 0 bridgehead atoms. The van der Waals surface area contributed by atoms with Crippen LogP contribution in [0.25, 0.3) is 11.4 Å². The molecule has 144 valence electrons. The Morgan fingerprint density at radius 3 is 2.36 bits per heavy atom. The van der Waals surface area contributed by atoms with Crippen LogP contribution in [-0.4, -0.2) is 31.9 Å². The fraction of sp³-hybridized carbons (Fsp3) is 0.286. The number of ketones is 1. The summed E-state index contributed by atoms with van der Waals surface area (Å²) in [5.74, 6) is 0.295. The molecule has 0 aliphatic heterocycles. The first-order valence-electron chi connectivity index (χ1n) is 9.23. The van der Waals surface area contributed by atoms with E-state index in [0.717, 1.165) is 17.5 Å². The summed E-state index contributed by atoms with van der Waals surface area (Å²) < 4.78 is 0. The molecule has 0 aliphatic carbocycles. The molecule has 3 aromatic rings. The van der Waals surface area contributed by atoms with Crippen LogP contribution in [-0.2, 0) is 17.8 Å². The molecule has 0 saturated heterocycles. The molecule has 3 rings (SSSR count). The second-order valence-corrected chi connectivity index (χ2v) is 6.66. The lowest BCUT2D eigenvalue weighted by Gasteiger charge is -2.13. The number of nitrogens with one attached hydrogen (secondary N) is 1. The molecule has 1 aromatic heterocycles. The van der Waals surface area contributed by atoms with E-state index in [1.807, 2.05) is 43.3 Å². The lowest BCUT2D eigenvalue weighted by molar-refractivity contribution is -0.119. The van der Waals surface area contributed by atoms with Gasteiger partial charge in [0.05, 0.1) is 6.04 Å². The molecule has 28 heavy (non-hydrogen) atoms. The second kappa shape index (κ2) is 8.56. The largest absolute Gasteiger partial charge is 0.350 e. The molecule has 1 amide bonds. The topological polar surface area (TPSA) is 89.8 Å². The second-order valence-electron chi connectivity index (χ2n) is 6.66. The molecule has 1 N–H and O–H groups in total. The van der Waals surface area contributed by atoms with Crippen molar-refractivity contribution in [2.75, 3.05) is 0 Å². The number of carbonyl (C=O) groups is 2. The highest BCUT2D eigenvalue weighted by Crippen LogP contribution is 2.16. The monoisotopic (exact) mass is 377 g/mol. The number of carbonyl (C=O) groups excluding carboxylic acids is 2. The van der Waals surface area contributed by atoms with E-state index in [1.165, 1.54) is 17.3 Å². The highest BCUT2D eigenvalue weighted by Gasteiger charge is 2.13. The van der Waals surface area contributed by atoms with Crippen molar-refractivity contribution in [2.45, 2.75) is 39.8 Å². The first-order valence-corrected chi connectivity index (χ1v) is 9.23. The van der Waals surface area contributed by atoms with Gasteiger partial charge in [-0.3, -0.25) is 9.59 Å². The van der Waals surface area contributed by atoms with Gasteiger partial charge in [-0.1, -0.05) is 55.5 Å². The predicted octanol–water partition coefficient (Wildman–Crippen LogP) is 2.98. The average Bonchev–Trinajstić information content (AvgIpc) is 3.16. The van der Waals surface area contributed by atoms with E-state index in [1.54, 1.807) is 12.1 Å². The van der Waals surface area contributed by atoms with Crippen molar-refractivity contribution in [1.29, 1.82) is 0 Å². The van der Waals surface area contributed by atoms with Crippen LogP contribution in [0.3, 0.4) is 0 Å². The molecule has 0 fully saturated rings. The summed E-state index contributed by atoms with van der Waals surface area (Å²) in [5.41, 5.74) is 3.60. The van der Waals surface area contributed by atoms with E-state index >= 15 is 0 Å². The van der Waals surface area contributed by atoms with Crippen molar-refractivity contribution in [3.8, 4) is 11.4 Å². The number of tetrazole rings is 1. The van der Waals surface area contributed by atoms with Gasteiger partial charge in [-0.15, -0.1) is 10.2 Å². The summed E-state index contributed by atoms with van der Waals surface area (Å²) in [6.45, 7) is 5.49. The van der Waals surface area contributed by atoms with E-state index in [2.05, 4.69) is 27.7 Å². The third-order valence-corrected chi connectivity index (χ3v) is 4.51. The first kappa shape index (κ1) is 19.4. The molecule has 0 saturated carbocycles. The normalized spacial score (nSPS) is 11.8. The third kappa shape index (κ3) is 4.68. The molecule has 2 aromatic carbocycles. The lowest BCUT2D eigenvalue weighted by Crippen LogP contribution is -2.23. The minimum atomic E-state index is -0.111. The fourth-order valence-corrected chi connectivity index (χ4v) is 2.88. The SMILES string of the molecule is CCc1ccc(-c2nnn(CC(=O)c3ccc([C@H](C)NC(C)=O)cc3)n2)cc1. The van der Waals surface area contributed by atoms with Crippen LogP contribution in [0.5, 0.6) is 0 Å². The van der Waals surface area contributed by atoms with Gasteiger partial charge in [0.1, 0.15) is 6.54 Å². The lowest BCUT2D eigenvalue weighted by atomic mass is 10.0. The zero-order chi connectivity index (χ0) is 20.1. The van der Waals surface area contributed by atoms with Crippen LogP contribution in [0.4, 0.5) is 0 Å². The quantitative estimate of drug-likeness (QED) is 0.639. The Morgan fingerprint density at radius 2 is 1.75 bits per heavy atom. The zero-order valence-corrected chi connectivity index (χ0v) is 16.2. The average molecular weight is 377 g/mol. The Labute approximate surface area is 163 Å². The maximum absolute atomic E-state index is 12.5. The van der Waals surface area contributed by atoms with Crippen molar-refractivity contribution in [3.63, 3.8) is 0 Å². The third-order valence-electron chi connectivity index (χ3n) is 4.51. The summed E-state index contributed by atoms with van der Waals surface area (Å²) in [6.07, 6.45) is 0.970. The Balaban J connectivity index is 1.66. The Bertz CT molecular complexity index is 961. The minimum absolute atomic E-state index is 0.0145. The number of benzene rings is 2. The number of hydrogen-bond donors (Lipinski definition) is 1. The number of aryl methyl sites for hydroxylation is 1. The molecule has 0 unspecified atom stereocenters. The zero-order valence-electron chi connectivity index (χ0n) is 16.2. The summed E-state index contributed by atoms with van der Waals surface area (Å²) in [4.78, 5) is 25.0. The van der Waals surface area contributed by atoms with E-state index in [9.17, 15) is 9.59 Å². The van der Waals surface area contributed by atoms with Gasteiger partial charge in [-0.25, -0.2) is 0 Å². The summed E-state index contributed by atoms with van der Waals surface area (Å²) in [7, 11) is 0. The van der Waals surface area contributed by atoms with Gasteiger partial charge in [-0.05, 0) is 29.7 Å². The fourth-order valence-electron chi connectivity index (χ4n) is 2.88. The van der Waals surface area contributed by atoms with Crippen LogP contribution >= 0.6 is 0 Å². The van der Waals surface area contributed by atoms with Crippen molar-refractivity contribution >= 4 is 11.7 Å². The summed E-state index contributed by atoms with van der Waals surface area (Å²) in [6, 6.07) is 15.0. The van der Waals surface area contributed by atoms with Crippen molar-refractivity contribution < 1.29 is 9.59 Å². The standard InChI is InChI=1S/C21H23N5O2/c1-4-16-5-7-19(8-6-16)21-23-25-26(24-21)13-20(28)18-11-9-17(10-12-18)14(2)22-15(3)27/h5-12,14H,4,13H2,1-3H3,(H,22,27)/t14-/m0/s1. The van der Waals surface area contributed by atoms with Gasteiger partial charge in [-0.2, -0.15) is 4.80 Å². The van der Waals surface area contributed by atoms with Crippen LogP contribution < -0.4 is 5.32 Å². The molecule has 7 heteroatoms. The van der Waals surface area contributed by atoms with E-state index in [4.69, 9.17) is 0 Å². The Morgan fingerprint density at radius 1 is 1.07 bits per heavy atom. The van der Waals surface area contributed by atoms with Crippen LogP contribution in [0, 0.1) is 0 Å². The van der Waals surface area contributed by atoms with Crippen molar-refractivity contribution in [2.24, 2.45) is 0 Å². The van der Waals surface area contributed by atoms with Gasteiger partial charge < -0.3 is 5.32 Å².